The molecule has 3 rings (SSSR count). The fraction of sp³-hybridized carbons (Fsp3) is 0. The van der Waals surface area contributed by atoms with Crippen LogP contribution in [0.5, 0.6) is 0 Å². The number of fused-ring (bicyclic) bond motifs is 1. The molecule has 0 radical (unpaired) electrons. The van der Waals surface area contributed by atoms with Gasteiger partial charge < -0.3 is 5.11 Å². The molecular formula is C14H7FN2O4. The van der Waals surface area contributed by atoms with Gasteiger partial charge in [0.25, 0.3) is 11.8 Å². The van der Waals surface area contributed by atoms with Crippen molar-refractivity contribution in [1.82, 2.24) is 4.98 Å². The molecule has 0 fully saturated rings. The molecule has 21 heavy (non-hydrogen) atoms. The summed E-state index contributed by atoms with van der Waals surface area (Å²) in [6.45, 7) is 0. The van der Waals surface area contributed by atoms with Gasteiger partial charge in [-0.2, -0.15) is 0 Å². The molecule has 1 aliphatic rings. The van der Waals surface area contributed by atoms with E-state index in [2.05, 4.69) is 4.98 Å². The smallest absolute Gasteiger partial charge is 0.335 e. The lowest BCUT2D eigenvalue weighted by Gasteiger charge is -2.14. The van der Waals surface area contributed by atoms with Crippen molar-refractivity contribution in [1.29, 1.82) is 0 Å². The van der Waals surface area contributed by atoms with E-state index in [1.165, 1.54) is 18.3 Å². The molecule has 104 valence electrons. The number of carboxylic acids is 1. The van der Waals surface area contributed by atoms with Crippen LogP contribution in [-0.2, 0) is 0 Å². The Morgan fingerprint density at radius 1 is 1.19 bits per heavy atom. The van der Waals surface area contributed by atoms with Crippen molar-refractivity contribution in [2.45, 2.75) is 0 Å². The standard InChI is InChI=1S/C14H7FN2O4/c15-9-4-3-7(14(20)21)6-10(9)17-12(18)8-2-1-5-16-11(8)13(17)19/h1-6H,(H,20,21). The molecule has 1 aromatic heterocycles. The van der Waals surface area contributed by atoms with Crippen molar-refractivity contribution in [3.05, 3.63) is 59.2 Å². The number of carbonyl (C=O) groups excluding carboxylic acids is 2. The first-order chi connectivity index (χ1) is 10.0. The van der Waals surface area contributed by atoms with Crippen LogP contribution in [-0.4, -0.2) is 27.9 Å². The number of hydrogen-bond acceptors (Lipinski definition) is 4. The zero-order chi connectivity index (χ0) is 15.1. The Hall–Kier alpha value is -3.09. The van der Waals surface area contributed by atoms with E-state index in [-0.39, 0.29) is 16.8 Å². The van der Waals surface area contributed by atoms with Gasteiger partial charge >= 0.3 is 5.97 Å². The quantitative estimate of drug-likeness (QED) is 0.849. The molecule has 1 aliphatic heterocycles. The molecule has 0 saturated carbocycles. The third-order valence-electron chi connectivity index (χ3n) is 3.08. The average Bonchev–Trinajstić information content (AvgIpc) is 2.72. The molecular weight excluding hydrogens is 279 g/mol. The Labute approximate surface area is 117 Å². The van der Waals surface area contributed by atoms with E-state index in [1.807, 2.05) is 0 Å². The van der Waals surface area contributed by atoms with Crippen LogP contribution in [0.2, 0.25) is 0 Å². The summed E-state index contributed by atoms with van der Waals surface area (Å²) in [7, 11) is 0. The van der Waals surface area contributed by atoms with Crippen LogP contribution in [0.3, 0.4) is 0 Å². The molecule has 0 bridgehead atoms. The number of benzene rings is 1. The minimum atomic E-state index is -1.29. The number of carbonyl (C=O) groups is 3. The van der Waals surface area contributed by atoms with Gasteiger partial charge in [-0.3, -0.25) is 14.6 Å². The first-order valence-corrected chi connectivity index (χ1v) is 5.87. The van der Waals surface area contributed by atoms with Crippen molar-refractivity contribution in [3.8, 4) is 0 Å². The number of nitrogens with zero attached hydrogens (tertiary/aromatic N) is 2. The average molecular weight is 286 g/mol. The van der Waals surface area contributed by atoms with Gasteiger partial charge in [-0.25, -0.2) is 14.1 Å². The minimum Gasteiger partial charge on any atom is -0.478 e. The third kappa shape index (κ3) is 1.86. The number of amides is 2. The topological polar surface area (TPSA) is 87.6 Å². The van der Waals surface area contributed by atoms with Crippen LogP contribution in [0, 0.1) is 5.82 Å². The molecule has 6 nitrogen and oxygen atoms in total. The Kier molecular flexibility index (Phi) is 2.76. The molecule has 1 aromatic carbocycles. The first kappa shape index (κ1) is 12.9. The molecule has 2 aromatic rings. The van der Waals surface area contributed by atoms with Crippen molar-refractivity contribution >= 4 is 23.5 Å². The number of imide groups is 1. The predicted molar refractivity (Wildman–Crippen MR) is 68.7 cm³/mol. The number of halogens is 1. The maximum absolute atomic E-state index is 13.9. The molecule has 1 N–H and O–H groups in total. The first-order valence-electron chi connectivity index (χ1n) is 5.87. The van der Waals surface area contributed by atoms with Crippen molar-refractivity contribution < 1.29 is 23.9 Å². The summed E-state index contributed by atoms with van der Waals surface area (Å²) < 4.78 is 13.9. The Morgan fingerprint density at radius 2 is 1.95 bits per heavy atom. The van der Waals surface area contributed by atoms with Crippen LogP contribution in [0.4, 0.5) is 10.1 Å². The van der Waals surface area contributed by atoms with E-state index in [0.717, 1.165) is 18.2 Å². The molecule has 0 unspecified atom stereocenters. The van der Waals surface area contributed by atoms with E-state index in [1.54, 1.807) is 0 Å². The molecule has 0 aliphatic carbocycles. The molecule has 0 atom stereocenters. The molecule has 0 spiro atoms. The summed E-state index contributed by atoms with van der Waals surface area (Å²) >= 11 is 0. The van der Waals surface area contributed by atoms with E-state index in [9.17, 15) is 18.8 Å². The van der Waals surface area contributed by atoms with Crippen LogP contribution in [0.25, 0.3) is 0 Å². The summed E-state index contributed by atoms with van der Waals surface area (Å²) in [5.74, 6) is -3.66. The Bertz CT molecular complexity index is 768. The lowest BCUT2D eigenvalue weighted by Crippen LogP contribution is -2.30. The second kappa shape index (κ2) is 4.48. The number of pyridine rings is 1. The molecule has 0 saturated heterocycles. The van der Waals surface area contributed by atoms with E-state index in [4.69, 9.17) is 5.11 Å². The van der Waals surface area contributed by atoms with Gasteiger partial charge in [-0.05, 0) is 30.3 Å². The number of aromatic nitrogens is 1. The van der Waals surface area contributed by atoms with Gasteiger partial charge in [-0.15, -0.1) is 0 Å². The Balaban J connectivity index is 2.15. The monoisotopic (exact) mass is 286 g/mol. The van der Waals surface area contributed by atoms with Gasteiger partial charge in [0.15, 0.2) is 0 Å². The maximum atomic E-state index is 13.9. The van der Waals surface area contributed by atoms with Gasteiger partial charge in [0.1, 0.15) is 11.5 Å². The second-order valence-corrected chi connectivity index (χ2v) is 4.32. The Morgan fingerprint density at radius 3 is 2.62 bits per heavy atom. The predicted octanol–water partition coefficient (Wildman–Crippen LogP) is 1.72. The number of aromatic carboxylic acids is 1. The summed E-state index contributed by atoms with van der Waals surface area (Å²) in [6.07, 6.45) is 1.34. The van der Waals surface area contributed by atoms with Crippen LogP contribution < -0.4 is 4.90 Å². The van der Waals surface area contributed by atoms with E-state index in [0.29, 0.717) is 4.90 Å². The lowest BCUT2D eigenvalue weighted by molar-refractivity contribution is 0.0695. The van der Waals surface area contributed by atoms with Crippen LogP contribution in [0.15, 0.2) is 36.5 Å². The van der Waals surface area contributed by atoms with Gasteiger partial charge in [0.2, 0.25) is 0 Å². The summed E-state index contributed by atoms with van der Waals surface area (Å²) in [4.78, 5) is 39.7. The zero-order valence-corrected chi connectivity index (χ0v) is 10.4. The van der Waals surface area contributed by atoms with Crippen molar-refractivity contribution in [2.75, 3.05) is 4.90 Å². The number of carboxylic acid groups (broad SMARTS) is 1. The van der Waals surface area contributed by atoms with Crippen molar-refractivity contribution in [3.63, 3.8) is 0 Å². The van der Waals surface area contributed by atoms with Gasteiger partial charge in [0, 0.05) is 6.20 Å². The summed E-state index contributed by atoms with van der Waals surface area (Å²) in [6, 6.07) is 5.78. The third-order valence-corrected chi connectivity index (χ3v) is 3.08. The van der Waals surface area contributed by atoms with Crippen molar-refractivity contribution in [2.24, 2.45) is 0 Å². The highest BCUT2D eigenvalue weighted by Gasteiger charge is 2.39. The van der Waals surface area contributed by atoms with Gasteiger partial charge in [0.05, 0.1) is 16.8 Å². The second-order valence-electron chi connectivity index (χ2n) is 4.32. The highest BCUT2D eigenvalue weighted by atomic mass is 19.1. The van der Waals surface area contributed by atoms with Crippen LogP contribution >= 0.6 is 0 Å². The number of rotatable bonds is 2. The summed E-state index contributed by atoms with van der Waals surface area (Å²) in [5.41, 5.74) is -0.649. The zero-order valence-electron chi connectivity index (χ0n) is 10.4. The van der Waals surface area contributed by atoms with E-state index < -0.39 is 29.3 Å². The molecule has 2 amide bonds. The van der Waals surface area contributed by atoms with E-state index >= 15 is 0 Å². The molecule has 2 heterocycles. The number of anilines is 1. The van der Waals surface area contributed by atoms with Gasteiger partial charge in [-0.1, -0.05) is 0 Å². The molecule has 7 heteroatoms. The fourth-order valence-electron chi connectivity index (χ4n) is 2.10. The highest BCUT2D eigenvalue weighted by molar-refractivity contribution is 6.33. The minimum absolute atomic E-state index is 0.0580. The largest absolute Gasteiger partial charge is 0.478 e. The maximum Gasteiger partial charge on any atom is 0.335 e. The number of hydrogen-bond donors (Lipinski definition) is 1. The highest BCUT2D eigenvalue weighted by Crippen LogP contribution is 2.29. The summed E-state index contributed by atoms with van der Waals surface area (Å²) in [5, 5.41) is 8.93. The van der Waals surface area contributed by atoms with Crippen LogP contribution in [0.1, 0.15) is 31.2 Å². The fourth-order valence-corrected chi connectivity index (χ4v) is 2.10. The SMILES string of the molecule is O=C(O)c1ccc(F)c(N2C(=O)c3cccnc3C2=O)c1. The lowest BCUT2D eigenvalue weighted by atomic mass is 10.2. The normalized spacial score (nSPS) is 13.5.